The lowest BCUT2D eigenvalue weighted by atomic mass is 10.3. The minimum absolute atomic E-state index is 0.144. The van der Waals surface area contributed by atoms with E-state index in [9.17, 15) is 4.79 Å². The molecule has 0 aliphatic heterocycles. The molecular formula is C7H11N3O2S. The highest BCUT2D eigenvalue weighted by Crippen LogP contribution is 2.11. The van der Waals surface area contributed by atoms with Gasteiger partial charge in [-0.25, -0.2) is 0 Å². The van der Waals surface area contributed by atoms with Crippen LogP contribution >= 0.6 is 12.6 Å². The van der Waals surface area contributed by atoms with E-state index in [1.807, 2.05) is 0 Å². The van der Waals surface area contributed by atoms with Crippen molar-refractivity contribution in [2.75, 3.05) is 5.75 Å². The summed E-state index contributed by atoms with van der Waals surface area (Å²) in [6.07, 6.45) is 0. The zero-order valence-corrected chi connectivity index (χ0v) is 8.34. The second-order valence-electron chi connectivity index (χ2n) is 2.62. The summed E-state index contributed by atoms with van der Waals surface area (Å²) in [5.41, 5.74) is 0. The van der Waals surface area contributed by atoms with Gasteiger partial charge in [0, 0.05) is 12.7 Å². The van der Waals surface area contributed by atoms with Crippen molar-refractivity contribution in [2.45, 2.75) is 19.9 Å². The van der Waals surface area contributed by atoms with Crippen molar-refractivity contribution in [3.63, 3.8) is 0 Å². The van der Waals surface area contributed by atoms with E-state index >= 15 is 0 Å². The number of hydrogen-bond donors (Lipinski definition) is 2. The average Bonchev–Trinajstić information content (AvgIpc) is 2.47. The van der Waals surface area contributed by atoms with E-state index < -0.39 is 0 Å². The molecule has 0 radical (unpaired) electrons. The van der Waals surface area contributed by atoms with Gasteiger partial charge < -0.3 is 9.84 Å². The first-order chi connectivity index (χ1) is 6.13. The van der Waals surface area contributed by atoms with E-state index in [4.69, 9.17) is 4.52 Å². The zero-order chi connectivity index (χ0) is 9.84. The third-order valence-corrected chi connectivity index (χ3v) is 1.77. The Morgan fingerprint density at radius 1 is 1.77 bits per heavy atom. The Labute approximate surface area is 81.3 Å². The monoisotopic (exact) mass is 201 g/mol. The van der Waals surface area contributed by atoms with Crippen LogP contribution in [-0.2, 0) is 4.79 Å². The van der Waals surface area contributed by atoms with Crippen LogP contribution < -0.4 is 5.32 Å². The van der Waals surface area contributed by atoms with E-state index in [-0.39, 0.29) is 11.9 Å². The van der Waals surface area contributed by atoms with Gasteiger partial charge in [0.15, 0.2) is 5.82 Å². The second-order valence-corrected chi connectivity index (χ2v) is 2.98. The van der Waals surface area contributed by atoms with Crippen LogP contribution in [0.2, 0.25) is 0 Å². The normalized spacial score (nSPS) is 12.5. The first-order valence-corrected chi connectivity index (χ1v) is 4.45. The van der Waals surface area contributed by atoms with Crippen molar-refractivity contribution in [2.24, 2.45) is 0 Å². The van der Waals surface area contributed by atoms with Gasteiger partial charge in [0.05, 0.1) is 0 Å². The largest absolute Gasteiger partial charge is 0.344 e. The Morgan fingerprint density at radius 2 is 2.46 bits per heavy atom. The summed E-state index contributed by atoms with van der Waals surface area (Å²) in [6, 6.07) is -0.304. The number of hydrogen-bond acceptors (Lipinski definition) is 5. The summed E-state index contributed by atoms with van der Waals surface area (Å²) >= 11 is 4.07. The van der Waals surface area contributed by atoms with E-state index in [1.165, 1.54) is 6.92 Å². The Morgan fingerprint density at radius 3 is 2.85 bits per heavy atom. The SMILES string of the molecule is CC(=O)NC(CS)c1nc(C)no1. The topological polar surface area (TPSA) is 68.0 Å². The van der Waals surface area contributed by atoms with Crippen molar-refractivity contribution in [1.82, 2.24) is 15.5 Å². The van der Waals surface area contributed by atoms with Gasteiger partial charge in [-0.1, -0.05) is 5.16 Å². The fraction of sp³-hybridized carbons (Fsp3) is 0.571. The van der Waals surface area contributed by atoms with Crippen LogP contribution in [0.15, 0.2) is 4.52 Å². The number of amides is 1. The number of aryl methyl sites for hydroxylation is 1. The molecule has 1 amide bonds. The Hall–Kier alpha value is -1.04. The number of thiol groups is 1. The summed E-state index contributed by atoms with van der Waals surface area (Å²) in [4.78, 5) is 14.8. The Kier molecular flexibility index (Phi) is 3.30. The van der Waals surface area contributed by atoms with Crippen LogP contribution in [-0.4, -0.2) is 21.8 Å². The highest BCUT2D eigenvalue weighted by atomic mass is 32.1. The van der Waals surface area contributed by atoms with Crippen LogP contribution in [0, 0.1) is 6.92 Å². The second kappa shape index (κ2) is 4.27. The highest BCUT2D eigenvalue weighted by Gasteiger charge is 2.16. The quantitative estimate of drug-likeness (QED) is 0.698. The molecule has 72 valence electrons. The molecule has 0 spiro atoms. The Bertz CT molecular complexity index is 300. The van der Waals surface area contributed by atoms with Crippen molar-refractivity contribution < 1.29 is 9.32 Å². The van der Waals surface area contributed by atoms with Gasteiger partial charge in [-0.05, 0) is 6.92 Å². The molecule has 6 heteroatoms. The summed E-state index contributed by atoms with van der Waals surface area (Å²) in [6.45, 7) is 3.15. The van der Waals surface area contributed by atoms with E-state index in [0.717, 1.165) is 0 Å². The number of aromatic nitrogens is 2. The van der Waals surface area contributed by atoms with Crippen molar-refractivity contribution >= 4 is 18.5 Å². The van der Waals surface area contributed by atoms with Gasteiger partial charge in [-0.2, -0.15) is 17.6 Å². The average molecular weight is 201 g/mol. The molecule has 1 N–H and O–H groups in total. The molecule has 13 heavy (non-hydrogen) atoms. The van der Waals surface area contributed by atoms with Gasteiger partial charge in [0.2, 0.25) is 11.8 Å². The predicted molar refractivity (Wildman–Crippen MR) is 49.4 cm³/mol. The number of carbonyl (C=O) groups excluding carboxylic acids is 1. The third kappa shape index (κ3) is 2.73. The van der Waals surface area contributed by atoms with Gasteiger partial charge in [-0.15, -0.1) is 0 Å². The molecule has 0 bridgehead atoms. The summed E-state index contributed by atoms with van der Waals surface area (Å²) in [7, 11) is 0. The molecule has 1 rings (SSSR count). The number of carbonyl (C=O) groups is 1. The molecule has 1 aromatic rings. The maximum Gasteiger partial charge on any atom is 0.250 e. The summed E-state index contributed by atoms with van der Waals surface area (Å²) < 4.78 is 4.89. The molecule has 0 aromatic carbocycles. The summed E-state index contributed by atoms with van der Waals surface area (Å²) in [5.74, 6) is 1.23. The van der Waals surface area contributed by atoms with Crippen molar-refractivity contribution in [3.05, 3.63) is 11.7 Å². The molecule has 0 aliphatic carbocycles. The molecule has 0 saturated carbocycles. The van der Waals surface area contributed by atoms with Gasteiger partial charge in [-0.3, -0.25) is 4.79 Å². The maximum atomic E-state index is 10.8. The molecule has 0 saturated heterocycles. The van der Waals surface area contributed by atoms with Gasteiger partial charge >= 0.3 is 0 Å². The van der Waals surface area contributed by atoms with Crippen molar-refractivity contribution in [3.8, 4) is 0 Å². The maximum absolute atomic E-state index is 10.8. The first kappa shape index (κ1) is 10.0. The lowest BCUT2D eigenvalue weighted by Gasteiger charge is -2.09. The molecule has 5 nitrogen and oxygen atoms in total. The molecule has 1 aromatic heterocycles. The van der Waals surface area contributed by atoms with Crippen LogP contribution in [0.5, 0.6) is 0 Å². The highest BCUT2D eigenvalue weighted by molar-refractivity contribution is 7.80. The number of rotatable bonds is 3. The molecule has 1 atom stereocenters. The molecule has 1 unspecified atom stereocenters. The smallest absolute Gasteiger partial charge is 0.250 e. The fourth-order valence-electron chi connectivity index (χ4n) is 0.885. The lowest BCUT2D eigenvalue weighted by Crippen LogP contribution is -2.27. The van der Waals surface area contributed by atoms with E-state index in [2.05, 4.69) is 28.1 Å². The fourth-order valence-corrected chi connectivity index (χ4v) is 1.13. The minimum atomic E-state index is -0.304. The van der Waals surface area contributed by atoms with Gasteiger partial charge in [0.1, 0.15) is 6.04 Å². The van der Waals surface area contributed by atoms with Crippen LogP contribution in [0.1, 0.15) is 24.7 Å². The number of nitrogens with one attached hydrogen (secondary N) is 1. The third-order valence-electron chi connectivity index (χ3n) is 1.40. The predicted octanol–water partition coefficient (Wildman–Crippen LogP) is 0.485. The lowest BCUT2D eigenvalue weighted by molar-refractivity contribution is -0.119. The van der Waals surface area contributed by atoms with Crippen LogP contribution in [0.25, 0.3) is 0 Å². The zero-order valence-electron chi connectivity index (χ0n) is 7.44. The van der Waals surface area contributed by atoms with E-state index in [0.29, 0.717) is 17.5 Å². The van der Waals surface area contributed by atoms with Crippen molar-refractivity contribution in [1.29, 1.82) is 0 Å². The molecule has 1 heterocycles. The minimum Gasteiger partial charge on any atom is -0.344 e. The van der Waals surface area contributed by atoms with E-state index in [1.54, 1.807) is 6.92 Å². The standard InChI is InChI=1S/C7H11N3O2S/c1-4-8-7(12-10-4)6(3-13)9-5(2)11/h6,13H,3H2,1-2H3,(H,9,11). The Balaban J connectivity index is 2.72. The van der Waals surface area contributed by atoms with Crippen LogP contribution in [0.4, 0.5) is 0 Å². The van der Waals surface area contributed by atoms with Crippen LogP contribution in [0.3, 0.4) is 0 Å². The molecule has 0 aliphatic rings. The number of nitrogens with zero attached hydrogens (tertiary/aromatic N) is 2. The van der Waals surface area contributed by atoms with Gasteiger partial charge in [0.25, 0.3) is 0 Å². The first-order valence-electron chi connectivity index (χ1n) is 3.81. The molecule has 0 fully saturated rings. The summed E-state index contributed by atoms with van der Waals surface area (Å²) in [5, 5.41) is 6.27. The molecular weight excluding hydrogens is 190 g/mol.